The molecule has 8 nitrogen and oxygen atoms in total. The largest absolute Gasteiger partial charge is 0.300 e. The van der Waals surface area contributed by atoms with E-state index in [1.54, 1.807) is 0 Å². The lowest BCUT2D eigenvalue weighted by Crippen LogP contribution is -2.49. The second-order valence-corrected chi connectivity index (χ2v) is 9.08. The molecule has 0 saturated carbocycles. The van der Waals surface area contributed by atoms with Crippen molar-refractivity contribution < 1.29 is 0 Å². The fourth-order valence-corrected chi connectivity index (χ4v) is 5.50. The fraction of sp³-hybridized carbons (Fsp3) is 1.00. The highest BCUT2D eigenvalue weighted by atomic mass is 15.6. The molecule has 8 bridgehead atoms. The summed E-state index contributed by atoms with van der Waals surface area (Å²) in [6, 6.07) is 0. The molecule has 0 spiro atoms. The Labute approximate surface area is 157 Å². The van der Waals surface area contributed by atoms with Gasteiger partial charge in [0.2, 0.25) is 0 Å². The van der Waals surface area contributed by atoms with Crippen molar-refractivity contribution in [1.82, 2.24) is 42.1 Å². The summed E-state index contributed by atoms with van der Waals surface area (Å²) < 4.78 is 0. The number of nitrogens with zero attached hydrogens (tertiary/aromatic N) is 2. The molecule has 8 saturated heterocycles. The molecule has 8 heterocycles. The fourth-order valence-electron chi connectivity index (χ4n) is 5.50. The van der Waals surface area contributed by atoms with Crippen LogP contribution < -0.4 is 32.3 Å². The number of rotatable bonds is 0. The summed E-state index contributed by atoms with van der Waals surface area (Å²) in [5.74, 6) is 1.68. The summed E-state index contributed by atoms with van der Waals surface area (Å²) in [6.07, 6.45) is 9.42. The lowest BCUT2D eigenvalue weighted by atomic mass is 9.91. The number of hydrogen-bond acceptors (Lipinski definition) is 8. The van der Waals surface area contributed by atoms with E-state index in [1.807, 2.05) is 0 Å². The van der Waals surface area contributed by atoms with Crippen molar-refractivity contribution in [2.75, 3.05) is 39.3 Å². The second-order valence-electron chi connectivity index (χ2n) is 9.08. The molecule has 148 valence electrons. The third kappa shape index (κ3) is 4.23. The van der Waals surface area contributed by atoms with Crippen molar-refractivity contribution in [3.8, 4) is 0 Å². The Bertz CT molecular complexity index is 378. The Morgan fingerprint density at radius 1 is 0.500 bits per heavy atom. The van der Waals surface area contributed by atoms with Gasteiger partial charge in [0.1, 0.15) is 0 Å². The third-order valence-electron chi connectivity index (χ3n) is 7.10. The lowest BCUT2D eigenvalue weighted by molar-refractivity contribution is 0.144. The summed E-state index contributed by atoms with van der Waals surface area (Å²) >= 11 is 0. The predicted molar refractivity (Wildman–Crippen MR) is 102 cm³/mol. The van der Waals surface area contributed by atoms with Crippen LogP contribution in [0.5, 0.6) is 0 Å². The van der Waals surface area contributed by atoms with Crippen molar-refractivity contribution in [2.24, 2.45) is 11.8 Å². The first-order valence-electron chi connectivity index (χ1n) is 10.8. The van der Waals surface area contributed by atoms with Gasteiger partial charge in [-0.05, 0) is 76.5 Å². The normalized spacial score (nSPS) is 49.8. The first-order valence-corrected chi connectivity index (χ1v) is 10.8. The van der Waals surface area contributed by atoms with Gasteiger partial charge in [-0.2, -0.15) is 0 Å². The SMILES string of the molecule is C1CN2CCC1CC1NNC(CC3CCN(CC3)CC3NNC(C2)N3)N1. The van der Waals surface area contributed by atoms with Crippen LogP contribution in [0.1, 0.15) is 38.5 Å². The lowest BCUT2D eigenvalue weighted by Gasteiger charge is -2.35. The van der Waals surface area contributed by atoms with Crippen molar-refractivity contribution in [3.05, 3.63) is 0 Å². The predicted octanol–water partition coefficient (Wildman–Crippen LogP) is -1.10. The highest BCUT2D eigenvalue weighted by Crippen LogP contribution is 2.25. The molecular weight excluding hydrogens is 328 g/mol. The zero-order valence-corrected chi connectivity index (χ0v) is 15.8. The van der Waals surface area contributed by atoms with Gasteiger partial charge in [-0.15, -0.1) is 0 Å². The van der Waals surface area contributed by atoms with Crippen LogP contribution in [-0.4, -0.2) is 73.7 Å². The molecule has 0 radical (unpaired) electrons. The molecule has 8 fully saturated rings. The van der Waals surface area contributed by atoms with Gasteiger partial charge in [0.05, 0.1) is 24.7 Å². The average Bonchev–Trinajstić information content (AvgIpc) is 3.27. The summed E-state index contributed by atoms with van der Waals surface area (Å²) in [5, 5.41) is 7.55. The quantitative estimate of drug-likeness (QED) is 0.324. The van der Waals surface area contributed by atoms with E-state index in [-0.39, 0.29) is 0 Å². The molecule has 8 aliphatic heterocycles. The van der Waals surface area contributed by atoms with E-state index < -0.39 is 0 Å². The minimum atomic E-state index is 0.371. The van der Waals surface area contributed by atoms with E-state index in [0.717, 1.165) is 24.9 Å². The van der Waals surface area contributed by atoms with Gasteiger partial charge in [-0.25, -0.2) is 21.7 Å². The van der Waals surface area contributed by atoms with E-state index in [4.69, 9.17) is 0 Å². The van der Waals surface area contributed by atoms with Crippen LogP contribution in [0, 0.1) is 11.8 Å². The zero-order valence-electron chi connectivity index (χ0n) is 15.8. The van der Waals surface area contributed by atoms with E-state index in [0.29, 0.717) is 24.7 Å². The van der Waals surface area contributed by atoms with Gasteiger partial charge in [0, 0.05) is 13.1 Å². The Morgan fingerprint density at radius 2 is 0.885 bits per heavy atom. The van der Waals surface area contributed by atoms with Crippen LogP contribution in [0.3, 0.4) is 0 Å². The average molecular weight is 365 g/mol. The van der Waals surface area contributed by atoms with E-state index >= 15 is 0 Å². The number of nitrogens with one attached hydrogen (secondary N) is 6. The van der Waals surface area contributed by atoms with Crippen molar-refractivity contribution in [1.29, 1.82) is 0 Å². The Morgan fingerprint density at radius 3 is 1.35 bits per heavy atom. The molecule has 0 aromatic rings. The molecular formula is C18H36N8. The van der Waals surface area contributed by atoms with Gasteiger partial charge in [-0.3, -0.25) is 10.6 Å². The maximum absolute atomic E-state index is 3.80. The topological polar surface area (TPSA) is 78.7 Å². The van der Waals surface area contributed by atoms with Crippen LogP contribution in [0.15, 0.2) is 0 Å². The zero-order chi connectivity index (χ0) is 17.3. The van der Waals surface area contributed by atoms with Gasteiger partial charge in [0.25, 0.3) is 0 Å². The van der Waals surface area contributed by atoms with Gasteiger partial charge in [0.15, 0.2) is 0 Å². The summed E-state index contributed by atoms with van der Waals surface area (Å²) in [7, 11) is 0. The summed E-state index contributed by atoms with van der Waals surface area (Å²) in [4.78, 5) is 5.24. The maximum atomic E-state index is 3.80. The van der Waals surface area contributed by atoms with Crippen molar-refractivity contribution in [3.63, 3.8) is 0 Å². The van der Waals surface area contributed by atoms with E-state index in [2.05, 4.69) is 42.1 Å². The Balaban J connectivity index is 1.23. The minimum Gasteiger partial charge on any atom is -0.300 e. The van der Waals surface area contributed by atoms with E-state index in [9.17, 15) is 0 Å². The smallest absolute Gasteiger partial charge is 0.0846 e. The molecule has 8 aliphatic rings. The Hall–Kier alpha value is -0.320. The highest BCUT2D eigenvalue weighted by molar-refractivity contribution is 4.88. The molecule has 0 amide bonds. The molecule has 6 N–H and O–H groups in total. The Kier molecular flexibility index (Phi) is 5.44. The molecule has 8 rings (SSSR count). The van der Waals surface area contributed by atoms with Crippen molar-refractivity contribution >= 4 is 0 Å². The minimum absolute atomic E-state index is 0.371. The van der Waals surface area contributed by atoms with Gasteiger partial charge in [-0.1, -0.05) is 0 Å². The van der Waals surface area contributed by atoms with Crippen LogP contribution in [0.4, 0.5) is 0 Å². The standard InChI is InChI=1S/C18H36N8/c1-5-25-6-2-13(1)9-15-19-16(22-21-15)10-14-3-7-26(8-4-14)12-18-20-17(11-25)23-24-18/h13-24H,1-12H2. The second kappa shape index (κ2) is 7.97. The maximum Gasteiger partial charge on any atom is 0.0846 e. The van der Waals surface area contributed by atoms with E-state index in [1.165, 1.54) is 64.7 Å². The number of piperidine rings is 2. The van der Waals surface area contributed by atoms with Gasteiger partial charge < -0.3 is 9.80 Å². The molecule has 8 heteroatoms. The van der Waals surface area contributed by atoms with Gasteiger partial charge >= 0.3 is 0 Å². The molecule has 26 heavy (non-hydrogen) atoms. The first kappa shape index (κ1) is 17.8. The van der Waals surface area contributed by atoms with Crippen LogP contribution in [0.2, 0.25) is 0 Å². The number of hydrogen-bond donors (Lipinski definition) is 6. The summed E-state index contributed by atoms with van der Waals surface area (Å²) in [5.41, 5.74) is 14.0. The first-order chi connectivity index (χ1) is 12.8. The molecule has 0 aromatic heterocycles. The molecule has 0 aromatic carbocycles. The highest BCUT2D eigenvalue weighted by Gasteiger charge is 2.32. The third-order valence-corrected chi connectivity index (χ3v) is 7.10. The molecule has 4 atom stereocenters. The van der Waals surface area contributed by atoms with Crippen LogP contribution >= 0.6 is 0 Å². The van der Waals surface area contributed by atoms with Crippen molar-refractivity contribution in [2.45, 2.75) is 63.2 Å². The van der Waals surface area contributed by atoms with Crippen LogP contribution in [-0.2, 0) is 0 Å². The monoisotopic (exact) mass is 364 g/mol. The molecule has 0 aliphatic carbocycles. The summed E-state index contributed by atoms with van der Waals surface area (Å²) in [6.45, 7) is 7.11. The van der Waals surface area contributed by atoms with Crippen LogP contribution in [0.25, 0.3) is 0 Å². The number of hydrazine groups is 2. The molecule has 4 unspecified atom stereocenters.